The largest absolute Gasteiger partial charge is 0.448 e. The quantitative estimate of drug-likeness (QED) is 0.721. The Morgan fingerprint density at radius 2 is 2.54 bits per heavy atom. The molecular weight excluding hydrogens is 170 g/mol. The fraction of sp³-hybridized carbons (Fsp3) is 0.375. The molecule has 0 saturated heterocycles. The number of rotatable bonds is 2. The molecule has 0 saturated carbocycles. The Kier molecular flexibility index (Phi) is 2.65. The van der Waals surface area contributed by atoms with Crippen molar-refractivity contribution >= 4 is 5.91 Å². The van der Waals surface area contributed by atoms with Gasteiger partial charge in [0.1, 0.15) is 11.8 Å². The third-order valence-electron chi connectivity index (χ3n) is 1.50. The Labute approximate surface area is 75.4 Å². The van der Waals surface area contributed by atoms with E-state index in [-0.39, 0.29) is 11.6 Å². The topological polar surface area (TPSA) is 78.9 Å². The van der Waals surface area contributed by atoms with Crippen LogP contribution in [0.5, 0.6) is 0 Å². The lowest BCUT2D eigenvalue weighted by Crippen LogP contribution is -2.31. The maximum absolute atomic E-state index is 11.3. The van der Waals surface area contributed by atoms with Gasteiger partial charge in [0.05, 0.1) is 6.07 Å². The molecule has 0 aliphatic heterocycles. The number of hydrogen-bond donors (Lipinski definition) is 1. The Morgan fingerprint density at radius 3 is 3.00 bits per heavy atom. The summed E-state index contributed by atoms with van der Waals surface area (Å²) in [7, 11) is 0. The highest BCUT2D eigenvalue weighted by atomic mass is 16.3. The van der Waals surface area contributed by atoms with Crippen LogP contribution in [0, 0.1) is 18.3 Å². The van der Waals surface area contributed by atoms with Crippen LogP contribution in [0.2, 0.25) is 0 Å². The second-order valence-electron chi connectivity index (χ2n) is 2.58. The van der Waals surface area contributed by atoms with Crippen molar-refractivity contribution in [1.82, 2.24) is 10.3 Å². The van der Waals surface area contributed by atoms with E-state index < -0.39 is 6.04 Å². The van der Waals surface area contributed by atoms with Crippen molar-refractivity contribution in [3.05, 3.63) is 17.8 Å². The van der Waals surface area contributed by atoms with Crippen LogP contribution in [0.3, 0.4) is 0 Å². The maximum atomic E-state index is 11.3. The monoisotopic (exact) mass is 179 g/mol. The van der Waals surface area contributed by atoms with E-state index in [1.54, 1.807) is 13.8 Å². The molecule has 0 unspecified atom stereocenters. The number of carbonyl (C=O) groups excluding carboxylic acids is 1. The van der Waals surface area contributed by atoms with Gasteiger partial charge in [-0.3, -0.25) is 4.79 Å². The summed E-state index contributed by atoms with van der Waals surface area (Å²) in [6.07, 6.45) is 1.20. The van der Waals surface area contributed by atoms with Gasteiger partial charge in [0.15, 0.2) is 12.1 Å². The van der Waals surface area contributed by atoms with E-state index in [0.29, 0.717) is 5.76 Å². The first-order valence-electron chi connectivity index (χ1n) is 3.75. The Hall–Kier alpha value is -1.83. The fourth-order valence-electron chi connectivity index (χ4n) is 0.821. The highest BCUT2D eigenvalue weighted by molar-refractivity contribution is 5.93. The first kappa shape index (κ1) is 9.26. The summed E-state index contributed by atoms with van der Waals surface area (Å²) in [5.74, 6) is 0.0583. The number of oxazole rings is 1. The molecule has 1 amide bonds. The molecule has 1 N–H and O–H groups in total. The highest BCUT2D eigenvalue weighted by Crippen LogP contribution is 2.03. The van der Waals surface area contributed by atoms with Crippen molar-refractivity contribution in [2.75, 3.05) is 0 Å². The van der Waals surface area contributed by atoms with E-state index in [1.165, 1.54) is 6.39 Å². The number of nitrogens with zero attached hydrogens (tertiary/aromatic N) is 2. The van der Waals surface area contributed by atoms with Crippen LogP contribution in [0.1, 0.15) is 23.2 Å². The second-order valence-corrected chi connectivity index (χ2v) is 2.58. The third kappa shape index (κ3) is 2.06. The van der Waals surface area contributed by atoms with Gasteiger partial charge >= 0.3 is 0 Å². The first-order chi connectivity index (χ1) is 6.15. The van der Waals surface area contributed by atoms with E-state index >= 15 is 0 Å². The molecule has 0 aliphatic carbocycles. The SMILES string of the molecule is Cc1ocnc1C(=O)N[C@@H](C)C#N. The number of carbonyl (C=O) groups is 1. The Balaban J connectivity index is 2.71. The minimum Gasteiger partial charge on any atom is -0.448 e. The third-order valence-corrected chi connectivity index (χ3v) is 1.50. The number of nitriles is 1. The molecule has 5 heteroatoms. The van der Waals surface area contributed by atoms with Gasteiger partial charge < -0.3 is 9.73 Å². The van der Waals surface area contributed by atoms with Crippen LogP contribution in [-0.2, 0) is 0 Å². The average Bonchev–Trinajstić information content (AvgIpc) is 2.51. The molecule has 13 heavy (non-hydrogen) atoms. The number of aryl methyl sites for hydroxylation is 1. The van der Waals surface area contributed by atoms with Crippen molar-refractivity contribution in [1.29, 1.82) is 5.26 Å². The zero-order valence-electron chi connectivity index (χ0n) is 7.37. The van der Waals surface area contributed by atoms with Crippen LogP contribution in [0.25, 0.3) is 0 Å². The summed E-state index contributed by atoms with van der Waals surface area (Å²) in [6, 6.07) is 1.36. The molecule has 68 valence electrons. The number of amides is 1. The van der Waals surface area contributed by atoms with Crippen molar-refractivity contribution < 1.29 is 9.21 Å². The summed E-state index contributed by atoms with van der Waals surface area (Å²) in [4.78, 5) is 15.0. The lowest BCUT2D eigenvalue weighted by atomic mass is 10.3. The number of aromatic nitrogens is 1. The van der Waals surface area contributed by atoms with Gasteiger partial charge in [0, 0.05) is 0 Å². The summed E-state index contributed by atoms with van der Waals surface area (Å²) < 4.78 is 4.85. The minimum atomic E-state index is -0.524. The van der Waals surface area contributed by atoms with E-state index in [1.807, 2.05) is 6.07 Å². The van der Waals surface area contributed by atoms with E-state index in [0.717, 1.165) is 0 Å². The fourth-order valence-corrected chi connectivity index (χ4v) is 0.821. The molecule has 0 fully saturated rings. The maximum Gasteiger partial charge on any atom is 0.274 e. The smallest absolute Gasteiger partial charge is 0.274 e. The van der Waals surface area contributed by atoms with Crippen molar-refractivity contribution in [3.8, 4) is 6.07 Å². The number of nitrogens with one attached hydrogen (secondary N) is 1. The van der Waals surface area contributed by atoms with E-state index in [9.17, 15) is 4.79 Å². The second kappa shape index (κ2) is 3.72. The molecule has 1 aromatic heterocycles. The van der Waals surface area contributed by atoms with Gasteiger partial charge in [0.25, 0.3) is 5.91 Å². The van der Waals surface area contributed by atoms with Gasteiger partial charge in [-0.1, -0.05) is 0 Å². The van der Waals surface area contributed by atoms with E-state index in [2.05, 4.69) is 10.3 Å². The lowest BCUT2D eigenvalue weighted by molar-refractivity contribution is 0.0942. The molecule has 1 heterocycles. The zero-order chi connectivity index (χ0) is 9.84. The summed E-state index contributed by atoms with van der Waals surface area (Å²) in [5, 5.41) is 10.9. The minimum absolute atomic E-state index is 0.224. The molecule has 0 aliphatic rings. The molecule has 1 atom stereocenters. The predicted octanol–water partition coefficient (Wildman–Crippen LogP) is 0.625. The molecule has 1 aromatic rings. The predicted molar refractivity (Wildman–Crippen MR) is 43.8 cm³/mol. The zero-order valence-corrected chi connectivity index (χ0v) is 7.37. The van der Waals surface area contributed by atoms with Gasteiger partial charge in [-0.15, -0.1) is 0 Å². The van der Waals surface area contributed by atoms with E-state index in [4.69, 9.17) is 9.68 Å². The molecule has 1 rings (SSSR count). The van der Waals surface area contributed by atoms with Gasteiger partial charge in [-0.05, 0) is 13.8 Å². The van der Waals surface area contributed by atoms with Crippen LogP contribution in [0.4, 0.5) is 0 Å². The molecule has 0 radical (unpaired) electrons. The number of hydrogen-bond acceptors (Lipinski definition) is 4. The summed E-state index contributed by atoms with van der Waals surface area (Å²) >= 11 is 0. The molecule has 0 aromatic carbocycles. The molecule has 5 nitrogen and oxygen atoms in total. The highest BCUT2D eigenvalue weighted by Gasteiger charge is 2.14. The van der Waals surface area contributed by atoms with Gasteiger partial charge in [-0.2, -0.15) is 5.26 Å². The average molecular weight is 179 g/mol. The van der Waals surface area contributed by atoms with Crippen LogP contribution >= 0.6 is 0 Å². The first-order valence-corrected chi connectivity index (χ1v) is 3.75. The Morgan fingerprint density at radius 1 is 1.85 bits per heavy atom. The molecule has 0 spiro atoms. The summed E-state index contributed by atoms with van der Waals surface area (Å²) in [5.41, 5.74) is 0.224. The van der Waals surface area contributed by atoms with Crippen molar-refractivity contribution in [2.24, 2.45) is 0 Å². The van der Waals surface area contributed by atoms with Crippen LogP contribution < -0.4 is 5.32 Å². The normalized spacial score (nSPS) is 11.8. The lowest BCUT2D eigenvalue weighted by Gasteiger charge is -2.03. The summed E-state index contributed by atoms with van der Waals surface area (Å²) in [6.45, 7) is 3.23. The van der Waals surface area contributed by atoms with Crippen molar-refractivity contribution in [2.45, 2.75) is 19.9 Å². The van der Waals surface area contributed by atoms with Crippen molar-refractivity contribution in [3.63, 3.8) is 0 Å². The van der Waals surface area contributed by atoms with Gasteiger partial charge in [-0.25, -0.2) is 4.98 Å². The standard InChI is InChI=1S/C8H9N3O2/c1-5(3-9)11-8(12)7-6(2)13-4-10-7/h4-5H,1-2H3,(H,11,12)/t5-/m0/s1. The van der Waals surface area contributed by atoms with Crippen LogP contribution in [0.15, 0.2) is 10.8 Å². The molecule has 0 bridgehead atoms. The van der Waals surface area contributed by atoms with Crippen LogP contribution in [-0.4, -0.2) is 16.9 Å². The van der Waals surface area contributed by atoms with Gasteiger partial charge in [0.2, 0.25) is 0 Å². The Bertz CT molecular complexity index is 351. The molecular formula is C8H9N3O2.